The number of carbonyl (C=O) groups excluding carboxylic acids is 1. The summed E-state index contributed by atoms with van der Waals surface area (Å²) in [6, 6.07) is 19.1. The van der Waals surface area contributed by atoms with Crippen LogP contribution < -0.4 is 4.90 Å². The number of benzene rings is 1. The number of hydrogen-bond donors (Lipinski definition) is 0. The first-order valence-corrected chi connectivity index (χ1v) is 8.44. The van der Waals surface area contributed by atoms with Crippen LogP contribution in [-0.2, 0) is 0 Å². The van der Waals surface area contributed by atoms with Crippen LogP contribution in [0, 0.1) is 0 Å². The Morgan fingerprint density at radius 1 is 0.885 bits per heavy atom. The summed E-state index contributed by atoms with van der Waals surface area (Å²) in [5, 5.41) is 0. The molecule has 0 saturated heterocycles. The third-order valence-electron chi connectivity index (χ3n) is 4.24. The number of carbonyl (C=O) groups is 1. The Kier molecular flexibility index (Phi) is 5.27. The molecule has 0 fully saturated rings. The van der Waals surface area contributed by atoms with Crippen molar-refractivity contribution in [1.29, 1.82) is 0 Å². The Balaban J connectivity index is 1.94. The van der Waals surface area contributed by atoms with E-state index in [1.807, 2.05) is 79.7 Å². The first-order chi connectivity index (χ1) is 12.6. The lowest BCUT2D eigenvalue weighted by atomic mass is 10.0. The second kappa shape index (κ2) is 7.78. The van der Waals surface area contributed by atoms with Crippen LogP contribution in [0.3, 0.4) is 0 Å². The molecular formula is C21H22N4O. The van der Waals surface area contributed by atoms with Gasteiger partial charge in [0, 0.05) is 33.5 Å². The fourth-order valence-corrected chi connectivity index (χ4v) is 2.86. The molecule has 0 saturated carbocycles. The summed E-state index contributed by atoms with van der Waals surface area (Å²) < 4.78 is 0. The number of anilines is 1. The van der Waals surface area contributed by atoms with Crippen LogP contribution >= 0.6 is 0 Å². The molecule has 0 N–H and O–H groups in total. The summed E-state index contributed by atoms with van der Waals surface area (Å²) in [6.45, 7) is 0. The first-order valence-electron chi connectivity index (χ1n) is 8.44. The average Bonchev–Trinajstić information content (AvgIpc) is 2.69. The Labute approximate surface area is 153 Å². The summed E-state index contributed by atoms with van der Waals surface area (Å²) >= 11 is 0. The molecule has 1 amide bonds. The van der Waals surface area contributed by atoms with Crippen LogP contribution in [0.5, 0.6) is 0 Å². The number of aromatic nitrogens is 2. The van der Waals surface area contributed by atoms with E-state index in [0.29, 0.717) is 5.56 Å². The van der Waals surface area contributed by atoms with Gasteiger partial charge in [0.1, 0.15) is 5.82 Å². The summed E-state index contributed by atoms with van der Waals surface area (Å²) in [7, 11) is 5.64. The summed E-state index contributed by atoms with van der Waals surface area (Å²) in [5.74, 6) is 0.718. The minimum atomic E-state index is -0.265. The van der Waals surface area contributed by atoms with Crippen molar-refractivity contribution >= 4 is 11.7 Å². The van der Waals surface area contributed by atoms with Gasteiger partial charge in [0.05, 0.1) is 17.3 Å². The summed E-state index contributed by atoms with van der Waals surface area (Å²) in [4.78, 5) is 25.5. The summed E-state index contributed by atoms with van der Waals surface area (Å²) in [5.41, 5.74) is 2.39. The van der Waals surface area contributed by atoms with E-state index in [1.165, 1.54) is 0 Å². The second-order valence-electron chi connectivity index (χ2n) is 6.28. The van der Waals surface area contributed by atoms with Crippen LogP contribution in [0.25, 0.3) is 0 Å². The van der Waals surface area contributed by atoms with Crippen molar-refractivity contribution in [2.24, 2.45) is 0 Å². The van der Waals surface area contributed by atoms with Crippen LogP contribution in [0.2, 0.25) is 0 Å². The largest absolute Gasteiger partial charge is 0.363 e. The fraction of sp³-hybridized carbons (Fsp3) is 0.190. The van der Waals surface area contributed by atoms with Crippen molar-refractivity contribution in [3.63, 3.8) is 0 Å². The standard InChI is InChI=1S/C21H22N4O/c1-24(2)19-13-12-17(15-23-19)21(26)25(3)20(16-9-5-4-6-10-16)18-11-7-8-14-22-18/h4-15,20H,1-3H3/t20-/m0/s1. The zero-order valence-corrected chi connectivity index (χ0v) is 15.2. The quantitative estimate of drug-likeness (QED) is 0.710. The van der Waals surface area contributed by atoms with Crippen LogP contribution in [0.1, 0.15) is 27.7 Å². The zero-order chi connectivity index (χ0) is 18.5. The smallest absolute Gasteiger partial charge is 0.255 e. The van der Waals surface area contributed by atoms with E-state index >= 15 is 0 Å². The van der Waals surface area contributed by atoms with E-state index < -0.39 is 0 Å². The molecule has 3 rings (SSSR count). The molecule has 0 bridgehead atoms. The zero-order valence-electron chi connectivity index (χ0n) is 15.2. The number of pyridine rings is 2. The monoisotopic (exact) mass is 346 g/mol. The highest BCUT2D eigenvalue weighted by molar-refractivity contribution is 5.94. The molecule has 1 aromatic carbocycles. The average molecular weight is 346 g/mol. The molecule has 5 nitrogen and oxygen atoms in total. The van der Waals surface area contributed by atoms with Crippen molar-refractivity contribution in [1.82, 2.24) is 14.9 Å². The number of hydrogen-bond acceptors (Lipinski definition) is 4. The van der Waals surface area contributed by atoms with Gasteiger partial charge >= 0.3 is 0 Å². The van der Waals surface area contributed by atoms with Gasteiger partial charge in [0.15, 0.2) is 0 Å². The van der Waals surface area contributed by atoms with Crippen molar-refractivity contribution < 1.29 is 4.79 Å². The highest BCUT2D eigenvalue weighted by Gasteiger charge is 2.25. The minimum absolute atomic E-state index is 0.0951. The predicted octanol–water partition coefficient (Wildman–Crippen LogP) is 3.40. The van der Waals surface area contributed by atoms with Gasteiger partial charge in [0.2, 0.25) is 0 Å². The highest BCUT2D eigenvalue weighted by atomic mass is 16.2. The van der Waals surface area contributed by atoms with Gasteiger partial charge in [-0.2, -0.15) is 0 Å². The minimum Gasteiger partial charge on any atom is -0.363 e. The van der Waals surface area contributed by atoms with Gasteiger partial charge in [-0.05, 0) is 29.8 Å². The highest BCUT2D eigenvalue weighted by Crippen LogP contribution is 2.27. The third kappa shape index (κ3) is 3.72. The molecule has 26 heavy (non-hydrogen) atoms. The van der Waals surface area contributed by atoms with Gasteiger partial charge in [-0.25, -0.2) is 4.98 Å². The lowest BCUT2D eigenvalue weighted by Crippen LogP contribution is -2.32. The van der Waals surface area contributed by atoms with Crippen molar-refractivity contribution in [2.75, 3.05) is 26.0 Å². The lowest BCUT2D eigenvalue weighted by molar-refractivity contribution is 0.0752. The van der Waals surface area contributed by atoms with E-state index in [2.05, 4.69) is 9.97 Å². The maximum absolute atomic E-state index is 13.1. The molecule has 5 heteroatoms. The molecule has 0 aliphatic rings. The van der Waals surface area contributed by atoms with E-state index in [1.54, 1.807) is 24.3 Å². The van der Waals surface area contributed by atoms with Crippen LogP contribution in [-0.4, -0.2) is 41.9 Å². The maximum atomic E-state index is 13.1. The number of amides is 1. The van der Waals surface area contributed by atoms with Crippen molar-refractivity contribution in [3.05, 3.63) is 89.9 Å². The fourth-order valence-electron chi connectivity index (χ4n) is 2.86. The van der Waals surface area contributed by atoms with Crippen LogP contribution in [0.4, 0.5) is 5.82 Å². The predicted molar refractivity (Wildman–Crippen MR) is 103 cm³/mol. The molecule has 0 unspecified atom stereocenters. The van der Waals surface area contributed by atoms with E-state index in [-0.39, 0.29) is 11.9 Å². The lowest BCUT2D eigenvalue weighted by Gasteiger charge is -2.28. The normalized spacial score (nSPS) is 11.7. The first kappa shape index (κ1) is 17.6. The maximum Gasteiger partial charge on any atom is 0.255 e. The Hall–Kier alpha value is -3.21. The Morgan fingerprint density at radius 2 is 1.62 bits per heavy atom. The van der Waals surface area contributed by atoms with E-state index in [9.17, 15) is 4.79 Å². The topological polar surface area (TPSA) is 49.3 Å². The Morgan fingerprint density at radius 3 is 2.19 bits per heavy atom. The molecule has 2 aromatic heterocycles. The van der Waals surface area contributed by atoms with Gasteiger partial charge in [-0.3, -0.25) is 9.78 Å². The molecule has 0 aliphatic heterocycles. The van der Waals surface area contributed by atoms with E-state index in [0.717, 1.165) is 17.1 Å². The molecule has 1 atom stereocenters. The number of nitrogens with zero attached hydrogens (tertiary/aromatic N) is 4. The molecule has 0 aliphatic carbocycles. The van der Waals surface area contributed by atoms with Crippen LogP contribution in [0.15, 0.2) is 73.1 Å². The van der Waals surface area contributed by atoms with Crippen molar-refractivity contribution in [3.8, 4) is 0 Å². The van der Waals surface area contributed by atoms with Gasteiger partial charge < -0.3 is 9.80 Å². The van der Waals surface area contributed by atoms with Gasteiger partial charge in [0.25, 0.3) is 5.91 Å². The third-order valence-corrected chi connectivity index (χ3v) is 4.24. The van der Waals surface area contributed by atoms with Crippen molar-refractivity contribution in [2.45, 2.75) is 6.04 Å². The molecule has 132 valence electrons. The second-order valence-corrected chi connectivity index (χ2v) is 6.28. The summed E-state index contributed by atoms with van der Waals surface area (Å²) in [6.07, 6.45) is 3.37. The van der Waals surface area contributed by atoms with Gasteiger partial charge in [-0.1, -0.05) is 36.4 Å². The molecule has 0 radical (unpaired) electrons. The molecule has 0 spiro atoms. The SMILES string of the molecule is CN(C)c1ccc(C(=O)N(C)[C@@H](c2ccccc2)c2ccccn2)cn1. The molecule has 2 heterocycles. The number of rotatable bonds is 5. The Bertz CT molecular complexity index is 809. The molecule has 3 aromatic rings. The van der Waals surface area contributed by atoms with E-state index in [4.69, 9.17) is 0 Å². The molecular weight excluding hydrogens is 324 g/mol. The van der Waals surface area contributed by atoms with Gasteiger partial charge in [-0.15, -0.1) is 0 Å².